The molecule has 0 unspecified atom stereocenters. The lowest BCUT2D eigenvalue weighted by atomic mass is 9.96. The molecule has 1 fully saturated rings. The van der Waals surface area contributed by atoms with Gasteiger partial charge in [0.2, 0.25) is 0 Å². The fourth-order valence-electron chi connectivity index (χ4n) is 2.14. The van der Waals surface area contributed by atoms with Crippen LogP contribution in [0.2, 0.25) is 0 Å². The number of aliphatic hydroxyl groups is 1. The first kappa shape index (κ1) is 15.9. The zero-order valence-electron chi connectivity index (χ0n) is 12.0. The fraction of sp³-hybridized carbons (Fsp3) is 0.500. The van der Waals surface area contributed by atoms with E-state index in [1.165, 1.54) is 0 Å². The van der Waals surface area contributed by atoms with Gasteiger partial charge in [-0.15, -0.1) is 0 Å². The molecule has 0 atom stereocenters. The number of hydrogen-bond donors (Lipinski definition) is 2. The molecule has 21 heavy (non-hydrogen) atoms. The van der Waals surface area contributed by atoms with Crippen molar-refractivity contribution < 1.29 is 9.90 Å². The number of thioether (sulfide) groups is 1. The maximum Gasteiger partial charge on any atom is 0.251 e. The third-order valence-electron chi connectivity index (χ3n) is 3.64. The van der Waals surface area contributed by atoms with E-state index in [1.54, 1.807) is 23.9 Å². The van der Waals surface area contributed by atoms with E-state index >= 15 is 0 Å². The van der Waals surface area contributed by atoms with Gasteiger partial charge in [0.15, 0.2) is 0 Å². The number of nitriles is 1. The summed E-state index contributed by atoms with van der Waals surface area (Å²) in [5.41, 5.74) is 1.35. The molecule has 0 aliphatic heterocycles. The fourth-order valence-corrected chi connectivity index (χ4v) is 2.92. The van der Waals surface area contributed by atoms with Crippen molar-refractivity contribution in [3.63, 3.8) is 0 Å². The molecule has 2 rings (SSSR count). The zero-order chi connectivity index (χ0) is 15.1. The number of nitrogens with one attached hydrogen (secondary N) is 1. The lowest BCUT2D eigenvalue weighted by Gasteiger charge is -2.08. The standard InChI is InChI=1S/C16H20N2O2S/c17-12-16(6-7-16)14-4-2-13(3-5-14)15(20)18-8-11-21-10-1-9-19/h2-5,19H,1,6-11H2,(H,18,20). The zero-order valence-corrected chi connectivity index (χ0v) is 12.8. The minimum atomic E-state index is -0.293. The van der Waals surface area contributed by atoms with Gasteiger partial charge in [0, 0.05) is 24.5 Å². The molecule has 0 bridgehead atoms. The summed E-state index contributed by atoms with van der Waals surface area (Å²) in [5.74, 6) is 1.68. The molecule has 0 spiro atoms. The van der Waals surface area contributed by atoms with E-state index in [9.17, 15) is 4.79 Å². The number of hydrogen-bond acceptors (Lipinski definition) is 4. The number of amides is 1. The van der Waals surface area contributed by atoms with Crippen molar-refractivity contribution in [1.29, 1.82) is 5.26 Å². The summed E-state index contributed by atoms with van der Waals surface area (Å²) in [6.45, 7) is 0.842. The second kappa shape index (κ2) is 7.48. The molecule has 0 heterocycles. The second-order valence-corrected chi connectivity index (χ2v) is 6.44. The van der Waals surface area contributed by atoms with Crippen molar-refractivity contribution in [3.05, 3.63) is 35.4 Å². The van der Waals surface area contributed by atoms with E-state index in [-0.39, 0.29) is 17.9 Å². The largest absolute Gasteiger partial charge is 0.396 e. The van der Waals surface area contributed by atoms with Crippen LogP contribution in [0, 0.1) is 11.3 Å². The molecule has 1 aliphatic carbocycles. The Morgan fingerprint density at radius 1 is 1.33 bits per heavy atom. The van der Waals surface area contributed by atoms with Crippen LogP contribution in [-0.2, 0) is 5.41 Å². The predicted molar refractivity (Wildman–Crippen MR) is 84.3 cm³/mol. The minimum absolute atomic E-state index is 0.0777. The number of carbonyl (C=O) groups excluding carboxylic acids is 1. The topological polar surface area (TPSA) is 73.1 Å². The Labute approximate surface area is 129 Å². The van der Waals surface area contributed by atoms with Crippen LogP contribution in [0.4, 0.5) is 0 Å². The van der Waals surface area contributed by atoms with E-state index in [1.807, 2.05) is 12.1 Å². The smallest absolute Gasteiger partial charge is 0.251 e. The number of aliphatic hydroxyl groups excluding tert-OH is 1. The van der Waals surface area contributed by atoms with Gasteiger partial charge < -0.3 is 10.4 Å². The van der Waals surface area contributed by atoms with Crippen LogP contribution in [0.25, 0.3) is 0 Å². The SMILES string of the molecule is N#CC1(c2ccc(C(=O)NCCSCCCO)cc2)CC1. The number of rotatable bonds is 8. The monoisotopic (exact) mass is 304 g/mol. The van der Waals surface area contributed by atoms with Crippen LogP contribution in [0.1, 0.15) is 35.2 Å². The van der Waals surface area contributed by atoms with Gasteiger partial charge in [0.1, 0.15) is 0 Å². The highest BCUT2D eigenvalue weighted by Crippen LogP contribution is 2.47. The van der Waals surface area contributed by atoms with Gasteiger partial charge in [0.25, 0.3) is 5.91 Å². The predicted octanol–water partition coefficient (Wildman–Crippen LogP) is 2.09. The lowest BCUT2D eigenvalue weighted by Crippen LogP contribution is -2.25. The summed E-state index contributed by atoms with van der Waals surface area (Å²) in [4.78, 5) is 12.0. The van der Waals surface area contributed by atoms with E-state index in [2.05, 4.69) is 11.4 Å². The van der Waals surface area contributed by atoms with E-state index in [0.717, 1.165) is 36.3 Å². The van der Waals surface area contributed by atoms with E-state index in [0.29, 0.717) is 12.1 Å². The maximum absolute atomic E-state index is 12.0. The Hall–Kier alpha value is -1.51. The average molecular weight is 304 g/mol. The summed E-state index contributed by atoms with van der Waals surface area (Å²) in [6.07, 6.45) is 2.63. The van der Waals surface area contributed by atoms with Crippen LogP contribution in [0.5, 0.6) is 0 Å². The van der Waals surface area contributed by atoms with Gasteiger partial charge in [0.05, 0.1) is 11.5 Å². The molecular weight excluding hydrogens is 284 g/mol. The van der Waals surface area contributed by atoms with Crippen molar-refractivity contribution in [1.82, 2.24) is 5.32 Å². The molecular formula is C16H20N2O2S. The Balaban J connectivity index is 1.77. The van der Waals surface area contributed by atoms with E-state index < -0.39 is 0 Å². The molecule has 1 aliphatic rings. The van der Waals surface area contributed by atoms with Gasteiger partial charge in [-0.1, -0.05) is 12.1 Å². The molecule has 0 aromatic heterocycles. The average Bonchev–Trinajstić information content (AvgIpc) is 3.32. The van der Waals surface area contributed by atoms with Crippen LogP contribution in [-0.4, -0.2) is 35.7 Å². The molecule has 2 N–H and O–H groups in total. The first-order valence-electron chi connectivity index (χ1n) is 7.20. The molecule has 4 nitrogen and oxygen atoms in total. The maximum atomic E-state index is 12.0. The van der Waals surface area contributed by atoms with Crippen LogP contribution < -0.4 is 5.32 Å². The minimum Gasteiger partial charge on any atom is -0.396 e. The molecule has 1 saturated carbocycles. The van der Waals surface area contributed by atoms with Crippen LogP contribution in [0.3, 0.4) is 0 Å². The summed E-state index contributed by atoms with van der Waals surface area (Å²) >= 11 is 1.72. The third kappa shape index (κ3) is 4.23. The Morgan fingerprint density at radius 3 is 2.62 bits per heavy atom. The summed E-state index contributed by atoms with van der Waals surface area (Å²) < 4.78 is 0. The number of benzene rings is 1. The molecule has 1 aromatic carbocycles. The van der Waals surface area contributed by atoms with Crippen molar-refractivity contribution in [2.24, 2.45) is 0 Å². The molecule has 112 valence electrons. The number of carbonyl (C=O) groups is 1. The van der Waals surface area contributed by atoms with Gasteiger partial charge >= 0.3 is 0 Å². The van der Waals surface area contributed by atoms with Gasteiger partial charge in [-0.3, -0.25) is 4.79 Å². The highest BCUT2D eigenvalue weighted by atomic mass is 32.2. The molecule has 0 saturated heterocycles. The van der Waals surface area contributed by atoms with Gasteiger partial charge in [-0.25, -0.2) is 0 Å². The second-order valence-electron chi connectivity index (χ2n) is 5.22. The summed E-state index contributed by atoms with van der Waals surface area (Å²) in [5, 5.41) is 20.7. The molecule has 1 aromatic rings. The Morgan fingerprint density at radius 2 is 2.05 bits per heavy atom. The quantitative estimate of drug-likeness (QED) is 0.721. The third-order valence-corrected chi connectivity index (χ3v) is 4.71. The van der Waals surface area contributed by atoms with Crippen molar-refractivity contribution >= 4 is 17.7 Å². The van der Waals surface area contributed by atoms with Crippen molar-refractivity contribution in [2.45, 2.75) is 24.7 Å². The van der Waals surface area contributed by atoms with Crippen LogP contribution >= 0.6 is 11.8 Å². The summed E-state index contributed by atoms with van der Waals surface area (Å²) in [7, 11) is 0. The van der Waals surface area contributed by atoms with Crippen LogP contribution in [0.15, 0.2) is 24.3 Å². The lowest BCUT2D eigenvalue weighted by molar-refractivity contribution is 0.0956. The first-order valence-corrected chi connectivity index (χ1v) is 8.36. The Bertz CT molecular complexity index is 518. The molecule has 1 amide bonds. The summed E-state index contributed by atoms with van der Waals surface area (Å²) in [6, 6.07) is 9.72. The number of nitrogens with zero attached hydrogens (tertiary/aromatic N) is 1. The van der Waals surface area contributed by atoms with Crippen molar-refractivity contribution in [2.75, 3.05) is 24.7 Å². The van der Waals surface area contributed by atoms with Crippen molar-refractivity contribution in [3.8, 4) is 6.07 Å². The van der Waals surface area contributed by atoms with Gasteiger partial charge in [-0.05, 0) is 42.7 Å². The highest BCUT2D eigenvalue weighted by Gasteiger charge is 2.44. The molecule has 5 heteroatoms. The van der Waals surface area contributed by atoms with E-state index in [4.69, 9.17) is 10.4 Å². The Kier molecular flexibility index (Phi) is 5.66. The molecule has 0 radical (unpaired) electrons. The van der Waals surface area contributed by atoms with Gasteiger partial charge in [-0.2, -0.15) is 17.0 Å². The first-order chi connectivity index (χ1) is 10.2. The normalized spacial score (nSPS) is 15.2. The highest BCUT2D eigenvalue weighted by molar-refractivity contribution is 7.99.